The average Bonchev–Trinajstić information content (AvgIpc) is 2.55. The van der Waals surface area contributed by atoms with Crippen molar-refractivity contribution in [3.05, 3.63) is 22.8 Å². The van der Waals surface area contributed by atoms with Gasteiger partial charge < -0.3 is 14.9 Å². The largest absolute Gasteiger partial charge is 0.504 e. The average molecular weight is 374 g/mol. The second kappa shape index (κ2) is 6.54. The Bertz CT molecular complexity index is 792. The first-order valence-electron chi connectivity index (χ1n) is 9.83. The zero-order chi connectivity index (χ0) is 20.1. The van der Waals surface area contributed by atoms with E-state index in [1.165, 1.54) is 6.92 Å². The predicted octanol–water partition coefficient (Wildman–Crippen LogP) is 4.54. The van der Waals surface area contributed by atoms with E-state index in [1.54, 1.807) is 0 Å². The van der Waals surface area contributed by atoms with Crippen LogP contribution >= 0.6 is 0 Å². The van der Waals surface area contributed by atoms with Gasteiger partial charge in [0.15, 0.2) is 11.5 Å². The van der Waals surface area contributed by atoms with Gasteiger partial charge in [-0.2, -0.15) is 0 Å². The fourth-order valence-corrected chi connectivity index (χ4v) is 5.53. The van der Waals surface area contributed by atoms with Crippen LogP contribution in [0.5, 0.6) is 11.5 Å². The maximum Gasteiger partial charge on any atom is 0.314 e. The highest BCUT2D eigenvalue weighted by atomic mass is 16.5. The zero-order valence-electron chi connectivity index (χ0n) is 16.9. The van der Waals surface area contributed by atoms with E-state index in [2.05, 4.69) is 13.8 Å². The molecule has 0 bridgehead atoms. The molecular weight excluding hydrogens is 344 g/mol. The number of carbonyl (C=O) groups is 2. The number of aryl methyl sites for hydroxylation is 1. The van der Waals surface area contributed by atoms with Crippen LogP contribution in [0.25, 0.3) is 0 Å². The van der Waals surface area contributed by atoms with E-state index >= 15 is 0 Å². The van der Waals surface area contributed by atoms with E-state index in [9.17, 15) is 19.8 Å². The van der Waals surface area contributed by atoms with Crippen molar-refractivity contribution in [1.82, 2.24) is 0 Å². The van der Waals surface area contributed by atoms with Gasteiger partial charge in [-0.1, -0.05) is 40.2 Å². The zero-order valence-corrected chi connectivity index (χ0v) is 16.9. The lowest BCUT2D eigenvalue weighted by atomic mass is 9.49. The third kappa shape index (κ3) is 2.91. The summed E-state index contributed by atoms with van der Waals surface area (Å²) in [5.74, 6) is -1.50. The second-order valence-electron chi connectivity index (χ2n) is 9.14. The minimum Gasteiger partial charge on any atom is -0.504 e. The Hall–Kier alpha value is -2.04. The number of hydrogen-bond acceptors (Lipinski definition) is 4. The van der Waals surface area contributed by atoms with E-state index in [4.69, 9.17) is 4.74 Å². The maximum absolute atomic E-state index is 12.7. The number of fused-ring (bicyclic) bond motifs is 3. The van der Waals surface area contributed by atoms with Gasteiger partial charge in [-0.15, -0.1) is 0 Å². The number of carbonyl (C=O) groups excluding carboxylic acids is 1. The molecule has 0 spiro atoms. The molecule has 2 N–H and O–H groups in total. The van der Waals surface area contributed by atoms with E-state index in [-0.39, 0.29) is 28.7 Å². The van der Waals surface area contributed by atoms with Crippen LogP contribution in [-0.4, -0.2) is 22.2 Å². The van der Waals surface area contributed by atoms with Crippen molar-refractivity contribution in [2.45, 2.75) is 78.1 Å². The smallest absolute Gasteiger partial charge is 0.314 e. The molecule has 148 valence electrons. The summed E-state index contributed by atoms with van der Waals surface area (Å²) in [5, 5.41) is 21.3. The van der Waals surface area contributed by atoms with Crippen LogP contribution in [0, 0.1) is 11.3 Å². The fraction of sp³-hybridized carbons (Fsp3) is 0.636. The number of phenolic OH excluding ortho intramolecular Hbond substituents is 1. The number of esters is 1. The van der Waals surface area contributed by atoms with Crippen LogP contribution < -0.4 is 4.74 Å². The number of ether oxygens (including phenoxy) is 1. The maximum atomic E-state index is 12.7. The molecule has 0 aromatic heterocycles. The third-order valence-corrected chi connectivity index (χ3v) is 6.69. The monoisotopic (exact) mass is 374 g/mol. The molecule has 5 nitrogen and oxygen atoms in total. The van der Waals surface area contributed by atoms with Crippen molar-refractivity contribution in [2.24, 2.45) is 11.3 Å². The molecule has 1 aromatic rings. The minimum atomic E-state index is -1.13. The Morgan fingerprint density at radius 2 is 1.93 bits per heavy atom. The lowest BCUT2D eigenvalue weighted by molar-refractivity contribution is -0.153. The highest BCUT2D eigenvalue weighted by molar-refractivity contribution is 5.86. The molecule has 0 radical (unpaired) electrons. The molecule has 1 saturated carbocycles. The molecule has 2 aliphatic carbocycles. The quantitative estimate of drug-likeness (QED) is 0.599. The second-order valence-corrected chi connectivity index (χ2v) is 9.14. The van der Waals surface area contributed by atoms with Gasteiger partial charge >= 0.3 is 11.9 Å². The fourth-order valence-electron chi connectivity index (χ4n) is 5.53. The summed E-state index contributed by atoms with van der Waals surface area (Å²) in [6.07, 6.45) is 3.78. The molecule has 0 unspecified atom stereocenters. The Morgan fingerprint density at radius 1 is 1.26 bits per heavy atom. The number of benzene rings is 1. The van der Waals surface area contributed by atoms with Crippen LogP contribution in [0.15, 0.2) is 6.07 Å². The number of carboxylic acid groups (broad SMARTS) is 1. The first kappa shape index (κ1) is 19.7. The number of aromatic hydroxyl groups is 1. The number of aliphatic carboxylic acids is 1. The van der Waals surface area contributed by atoms with Gasteiger partial charge in [0, 0.05) is 18.1 Å². The first-order valence-corrected chi connectivity index (χ1v) is 9.83. The minimum absolute atomic E-state index is 0.0332. The predicted molar refractivity (Wildman–Crippen MR) is 102 cm³/mol. The number of rotatable bonds is 3. The van der Waals surface area contributed by atoms with Crippen LogP contribution in [0.2, 0.25) is 0 Å². The summed E-state index contributed by atoms with van der Waals surface area (Å²) < 4.78 is 5.47. The van der Waals surface area contributed by atoms with Crippen LogP contribution in [0.4, 0.5) is 0 Å². The number of phenols is 1. The van der Waals surface area contributed by atoms with Gasteiger partial charge in [0.05, 0.1) is 0 Å². The summed E-state index contributed by atoms with van der Waals surface area (Å²) in [6.45, 7) is 9.47. The Balaban J connectivity index is 2.36. The van der Waals surface area contributed by atoms with E-state index in [0.29, 0.717) is 17.5 Å². The molecule has 0 aliphatic heterocycles. The lowest BCUT2D eigenvalue weighted by Crippen LogP contribution is -2.54. The van der Waals surface area contributed by atoms with Crippen molar-refractivity contribution in [3.63, 3.8) is 0 Å². The van der Waals surface area contributed by atoms with Gasteiger partial charge in [0.25, 0.3) is 0 Å². The molecule has 1 aromatic carbocycles. The standard InChI is InChI=1S/C22H30O5/c1-12(2)15-11-14-7-8-16-21(4,5)9-6-10-22(16,20(25)26)17(14)19(18(15)24)27-13(3)23/h11-12,16,24H,6-10H2,1-5H3,(H,25,26)/t16-,22+/m0/s1. The van der Waals surface area contributed by atoms with Crippen molar-refractivity contribution < 1.29 is 24.5 Å². The summed E-state index contributed by atoms with van der Waals surface area (Å²) in [4.78, 5) is 24.5. The first-order chi connectivity index (χ1) is 12.5. The number of carboxylic acids is 1. The normalized spacial score (nSPS) is 26.2. The van der Waals surface area contributed by atoms with E-state index in [1.807, 2.05) is 19.9 Å². The van der Waals surface area contributed by atoms with Gasteiger partial charge in [-0.25, -0.2) is 0 Å². The van der Waals surface area contributed by atoms with E-state index in [0.717, 1.165) is 31.2 Å². The van der Waals surface area contributed by atoms with Crippen LogP contribution in [0.1, 0.15) is 82.9 Å². The lowest BCUT2D eigenvalue weighted by Gasteiger charge is -2.53. The summed E-state index contributed by atoms with van der Waals surface area (Å²) in [5.41, 5.74) is 0.848. The molecule has 2 atom stereocenters. The van der Waals surface area contributed by atoms with Gasteiger partial charge in [-0.3, -0.25) is 9.59 Å². The molecule has 0 heterocycles. The van der Waals surface area contributed by atoms with Crippen molar-refractivity contribution in [3.8, 4) is 11.5 Å². The van der Waals surface area contributed by atoms with Gasteiger partial charge in [-0.05, 0) is 48.5 Å². The molecule has 3 rings (SSSR count). The highest BCUT2D eigenvalue weighted by Gasteiger charge is 2.59. The molecule has 27 heavy (non-hydrogen) atoms. The van der Waals surface area contributed by atoms with Crippen LogP contribution in [-0.2, 0) is 21.4 Å². The Morgan fingerprint density at radius 3 is 2.48 bits per heavy atom. The summed E-state index contributed by atoms with van der Waals surface area (Å²) in [7, 11) is 0. The third-order valence-electron chi connectivity index (χ3n) is 6.69. The topological polar surface area (TPSA) is 83.8 Å². The molecule has 1 fully saturated rings. The summed E-state index contributed by atoms with van der Waals surface area (Å²) >= 11 is 0. The van der Waals surface area contributed by atoms with E-state index < -0.39 is 17.4 Å². The highest BCUT2D eigenvalue weighted by Crippen LogP contribution is 2.61. The molecule has 0 saturated heterocycles. The SMILES string of the molecule is CC(=O)Oc1c(O)c(C(C)C)cc2c1[C@@]1(C(=O)O)CCCC(C)(C)[C@@H]1CC2. The van der Waals surface area contributed by atoms with Gasteiger partial charge in [0.1, 0.15) is 5.41 Å². The molecule has 2 aliphatic rings. The van der Waals surface area contributed by atoms with Crippen molar-refractivity contribution >= 4 is 11.9 Å². The Kier molecular flexibility index (Phi) is 4.77. The Labute approximate surface area is 160 Å². The van der Waals surface area contributed by atoms with Crippen molar-refractivity contribution in [1.29, 1.82) is 0 Å². The molecule has 5 heteroatoms. The molecule has 0 amide bonds. The van der Waals surface area contributed by atoms with Crippen molar-refractivity contribution in [2.75, 3.05) is 0 Å². The number of hydrogen-bond donors (Lipinski definition) is 2. The molecular formula is C22H30O5. The van der Waals surface area contributed by atoms with Gasteiger partial charge in [0.2, 0.25) is 0 Å². The summed E-state index contributed by atoms with van der Waals surface area (Å²) in [6, 6.07) is 1.92. The van der Waals surface area contributed by atoms with Crippen LogP contribution in [0.3, 0.4) is 0 Å².